The number of aryl methyl sites for hydroxylation is 2. The van der Waals surface area contributed by atoms with Crippen LogP contribution in [0.1, 0.15) is 35.3 Å². The van der Waals surface area contributed by atoms with Crippen LogP contribution in [0.15, 0.2) is 36.4 Å². The first kappa shape index (κ1) is 21.3. The van der Waals surface area contributed by atoms with Crippen molar-refractivity contribution in [2.45, 2.75) is 27.7 Å². The van der Waals surface area contributed by atoms with Gasteiger partial charge in [-0.1, -0.05) is 42.9 Å². The number of methoxy groups -OCH3 is 1. The molecule has 0 fully saturated rings. The fraction of sp³-hybridized carbons (Fsp3) is 0.391. The van der Waals surface area contributed by atoms with Gasteiger partial charge in [0.15, 0.2) is 5.13 Å². The maximum atomic E-state index is 13.5. The molecule has 154 valence electrons. The van der Waals surface area contributed by atoms with Crippen LogP contribution in [0.5, 0.6) is 5.75 Å². The van der Waals surface area contributed by atoms with Gasteiger partial charge in [0.05, 0.1) is 17.3 Å². The highest BCUT2D eigenvalue weighted by atomic mass is 32.1. The van der Waals surface area contributed by atoms with Crippen LogP contribution in [-0.2, 0) is 0 Å². The normalized spacial score (nSPS) is 11.2. The Hall–Kier alpha value is -2.44. The fourth-order valence-corrected chi connectivity index (χ4v) is 4.42. The number of benzene rings is 2. The highest BCUT2D eigenvalue weighted by molar-refractivity contribution is 7.22. The van der Waals surface area contributed by atoms with E-state index in [1.807, 2.05) is 49.1 Å². The molecule has 3 rings (SSSR count). The van der Waals surface area contributed by atoms with Gasteiger partial charge in [0.25, 0.3) is 5.91 Å². The minimum Gasteiger partial charge on any atom is -0.497 e. The third-order valence-corrected chi connectivity index (χ3v) is 6.25. The standard InChI is InChI=1S/C23H29N3O2S/c1-6-25(7-2)12-13-26(22(27)19-10-8-16(3)14-17(19)4)23-24-20-11-9-18(28-5)15-21(20)29-23/h8-11,14-15H,6-7,12-13H2,1-5H3. The third kappa shape index (κ3) is 4.77. The summed E-state index contributed by atoms with van der Waals surface area (Å²) in [5, 5.41) is 0.727. The molecule has 3 aromatic rings. The number of nitrogens with zero attached hydrogens (tertiary/aromatic N) is 3. The Labute approximate surface area is 176 Å². The van der Waals surface area contributed by atoms with Crippen LogP contribution < -0.4 is 9.64 Å². The molecule has 1 amide bonds. The second-order valence-electron chi connectivity index (χ2n) is 7.13. The molecule has 0 saturated carbocycles. The van der Waals surface area contributed by atoms with Gasteiger partial charge in [-0.2, -0.15) is 0 Å². The van der Waals surface area contributed by atoms with Crippen molar-refractivity contribution < 1.29 is 9.53 Å². The van der Waals surface area contributed by atoms with E-state index < -0.39 is 0 Å². The van der Waals surface area contributed by atoms with Crippen LogP contribution >= 0.6 is 11.3 Å². The summed E-state index contributed by atoms with van der Waals surface area (Å²) in [6.45, 7) is 11.6. The van der Waals surface area contributed by atoms with Crippen LogP contribution in [0.2, 0.25) is 0 Å². The molecule has 0 aliphatic carbocycles. The third-order valence-electron chi connectivity index (χ3n) is 5.21. The molecule has 0 saturated heterocycles. The Balaban J connectivity index is 1.99. The fourth-order valence-electron chi connectivity index (χ4n) is 3.40. The number of anilines is 1. The Bertz CT molecular complexity index is 995. The van der Waals surface area contributed by atoms with Crippen molar-refractivity contribution in [3.8, 4) is 5.75 Å². The van der Waals surface area contributed by atoms with Crippen LogP contribution in [0, 0.1) is 13.8 Å². The number of amides is 1. The van der Waals surface area contributed by atoms with E-state index in [4.69, 9.17) is 9.72 Å². The summed E-state index contributed by atoms with van der Waals surface area (Å²) in [4.78, 5) is 22.4. The van der Waals surface area contributed by atoms with Crippen LogP contribution in [0.3, 0.4) is 0 Å². The van der Waals surface area contributed by atoms with Crippen molar-refractivity contribution in [3.63, 3.8) is 0 Å². The molecule has 0 aliphatic heterocycles. The summed E-state index contributed by atoms with van der Waals surface area (Å²) in [6.07, 6.45) is 0. The molecule has 0 bridgehead atoms. The maximum Gasteiger partial charge on any atom is 0.260 e. The molecule has 0 spiro atoms. The number of fused-ring (bicyclic) bond motifs is 1. The number of carbonyl (C=O) groups is 1. The molecule has 5 nitrogen and oxygen atoms in total. The predicted octanol–water partition coefficient (Wildman–Crippen LogP) is 4.91. The summed E-state index contributed by atoms with van der Waals surface area (Å²) >= 11 is 1.53. The lowest BCUT2D eigenvalue weighted by Gasteiger charge is -2.25. The smallest absolute Gasteiger partial charge is 0.260 e. The van der Waals surface area contributed by atoms with Gasteiger partial charge in [-0.15, -0.1) is 0 Å². The number of ether oxygens (including phenoxy) is 1. The lowest BCUT2D eigenvalue weighted by molar-refractivity contribution is 0.0983. The molecule has 0 aliphatic rings. The van der Waals surface area contributed by atoms with Gasteiger partial charge in [0.1, 0.15) is 5.75 Å². The number of likely N-dealkylation sites (N-methyl/N-ethyl adjacent to an activating group) is 1. The van der Waals surface area contributed by atoms with E-state index in [1.54, 1.807) is 7.11 Å². The highest BCUT2D eigenvalue weighted by Crippen LogP contribution is 2.32. The predicted molar refractivity (Wildman–Crippen MR) is 122 cm³/mol. The summed E-state index contributed by atoms with van der Waals surface area (Å²) in [6, 6.07) is 11.8. The SMILES string of the molecule is CCN(CC)CCN(C(=O)c1ccc(C)cc1C)c1nc2ccc(OC)cc2s1. The number of thiazole rings is 1. The van der Waals surface area contributed by atoms with E-state index in [9.17, 15) is 4.79 Å². The van der Waals surface area contributed by atoms with Crippen molar-refractivity contribution >= 4 is 32.6 Å². The molecular formula is C23H29N3O2S. The van der Waals surface area contributed by atoms with E-state index in [0.717, 1.165) is 57.4 Å². The monoisotopic (exact) mass is 411 g/mol. The summed E-state index contributed by atoms with van der Waals surface area (Å²) in [5.74, 6) is 0.795. The number of hydrogen-bond acceptors (Lipinski definition) is 5. The van der Waals surface area contributed by atoms with Gasteiger partial charge in [-0.25, -0.2) is 4.98 Å². The number of carbonyl (C=O) groups excluding carboxylic acids is 1. The number of rotatable bonds is 8. The average molecular weight is 412 g/mol. The van der Waals surface area contributed by atoms with E-state index in [2.05, 4.69) is 24.8 Å². The summed E-state index contributed by atoms with van der Waals surface area (Å²) in [7, 11) is 1.66. The minimum absolute atomic E-state index is 0.000627. The molecule has 1 aromatic heterocycles. The Morgan fingerprint density at radius 3 is 2.48 bits per heavy atom. The van der Waals surface area contributed by atoms with E-state index in [-0.39, 0.29) is 5.91 Å². The highest BCUT2D eigenvalue weighted by Gasteiger charge is 2.23. The zero-order valence-corrected chi connectivity index (χ0v) is 18.7. The molecule has 0 radical (unpaired) electrons. The van der Waals surface area contributed by atoms with Gasteiger partial charge >= 0.3 is 0 Å². The molecule has 2 aromatic carbocycles. The Morgan fingerprint density at radius 2 is 1.83 bits per heavy atom. The minimum atomic E-state index is 0.000627. The molecule has 29 heavy (non-hydrogen) atoms. The van der Waals surface area contributed by atoms with Crippen molar-refractivity contribution in [1.29, 1.82) is 0 Å². The van der Waals surface area contributed by atoms with Gasteiger partial charge in [-0.3, -0.25) is 9.69 Å². The maximum absolute atomic E-state index is 13.5. The Kier molecular flexibility index (Phi) is 6.87. The lowest BCUT2D eigenvalue weighted by atomic mass is 10.0. The van der Waals surface area contributed by atoms with E-state index >= 15 is 0 Å². The van der Waals surface area contributed by atoms with Gasteiger partial charge < -0.3 is 9.64 Å². The van der Waals surface area contributed by atoms with Crippen LogP contribution in [0.25, 0.3) is 10.2 Å². The van der Waals surface area contributed by atoms with Gasteiger partial charge in [0.2, 0.25) is 0 Å². The quantitative estimate of drug-likeness (QED) is 0.528. The zero-order valence-electron chi connectivity index (χ0n) is 17.9. The molecule has 6 heteroatoms. The van der Waals surface area contributed by atoms with Crippen molar-refractivity contribution in [2.75, 3.05) is 38.2 Å². The van der Waals surface area contributed by atoms with Crippen molar-refractivity contribution in [1.82, 2.24) is 9.88 Å². The first-order chi connectivity index (χ1) is 14.0. The second kappa shape index (κ2) is 9.37. The largest absolute Gasteiger partial charge is 0.497 e. The first-order valence-electron chi connectivity index (χ1n) is 10.0. The van der Waals surface area contributed by atoms with Gasteiger partial charge in [-0.05, 0) is 56.8 Å². The van der Waals surface area contributed by atoms with Crippen LogP contribution in [-0.4, -0.2) is 49.1 Å². The molecule has 0 atom stereocenters. The summed E-state index contributed by atoms with van der Waals surface area (Å²) < 4.78 is 6.35. The van der Waals surface area contributed by atoms with Crippen molar-refractivity contribution in [3.05, 3.63) is 53.1 Å². The Morgan fingerprint density at radius 1 is 1.07 bits per heavy atom. The molecule has 1 heterocycles. The number of aromatic nitrogens is 1. The molecule has 0 N–H and O–H groups in total. The molecule has 0 unspecified atom stereocenters. The average Bonchev–Trinajstić information content (AvgIpc) is 3.13. The second-order valence-corrected chi connectivity index (χ2v) is 8.14. The van der Waals surface area contributed by atoms with Crippen LogP contribution in [0.4, 0.5) is 5.13 Å². The zero-order chi connectivity index (χ0) is 21.0. The van der Waals surface area contributed by atoms with Gasteiger partial charge in [0, 0.05) is 18.7 Å². The van der Waals surface area contributed by atoms with E-state index in [0.29, 0.717) is 6.54 Å². The molecular weight excluding hydrogens is 382 g/mol. The topological polar surface area (TPSA) is 45.7 Å². The first-order valence-corrected chi connectivity index (χ1v) is 10.8. The lowest BCUT2D eigenvalue weighted by Crippen LogP contribution is -2.39. The van der Waals surface area contributed by atoms with E-state index in [1.165, 1.54) is 11.3 Å². The summed E-state index contributed by atoms with van der Waals surface area (Å²) in [5.41, 5.74) is 3.76. The van der Waals surface area contributed by atoms with Crippen molar-refractivity contribution in [2.24, 2.45) is 0 Å². The number of hydrogen-bond donors (Lipinski definition) is 0.